The smallest absolute Gasteiger partial charge is 0.248 e. The Morgan fingerprint density at radius 1 is 1.16 bits per heavy atom. The summed E-state index contributed by atoms with van der Waals surface area (Å²) in [6, 6.07) is 12.9. The lowest BCUT2D eigenvalue weighted by Gasteiger charge is -2.39. The van der Waals surface area contributed by atoms with Crippen molar-refractivity contribution in [2.75, 3.05) is 13.7 Å². The molecule has 7 nitrogen and oxygen atoms in total. The van der Waals surface area contributed by atoms with Crippen molar-refractivity contribution in [1.82, 2.24) is 9.21 Å². The number of hydrogen-bond donors (Lipinski definition) is 1. The van der Waals surface area contributed by atoms with Gasteiger partial charge in [-0.25, -0.2) is 22.1 Å². The van der Waals surface area contributed by atoms with Gasteiger partial charge in [-0.1, -0.05) is 12.1 Å². The van der Waals surface area contributed by atoms with Crippen molar-refractivity contribution < 1.29 is 26.9 Å². The first kappa shape index (κ1) is 25.7. The van der Waals surface area contributed by atoms with Crippen LogP contribution in [0.3, 0.4) is 0 Å². The van der Waals surface area contributed by atoms with E-state index < -0.39 is 21.9 Å². The van der Waals surface area contributed by atoms with Gasteiger partial charge in [0, 0.05) is 37.4 Å². The second-order valence-electron chi connectivity index (χ2n) is 9.85. The Balaban J connectivity index is 1.43. The molecule has 198 valence electrons. The molecule has 0 bridgehead atoms. The number of furan rings is 1. The molecular weight excluding hydrogens is 500 g/mol. The van der Waals surface area contributed by atoms with E-state index in [4.69, 9.17) is 13.9 Å². The molecule has 1 saturated heterocycles. The van der Waals surface area contributed by atoms with Crippen molar-refractivity contribution >= 4 is 26.8 Å². The summed E-state index contributed by atoms with van der Waals surface area (Å²) < 4.78 is 62.6. The molecule has 0 radical (unpaired) electrons. The van der Waals surface area contributed by atoms with Gasteiger partial charge in [0.15, 0.2) is 0 Å². The standard InChI is InChI=1S/C27H31F2N3O4S/c1-35-22-6-8-23(9-7-22)37(30,34)32-15-2-3-24(32)26(33)31(21-10-13-27(28,29)14-11-21)18-19-4-5-20-12-16-36-25(20)17-19/h4-9,12,16-17,21,24,30H,2-3,10-11,13-15,18H2,1H3/t24-,37-/m0/s1. The molecule has 0 unspecified atom stereocenters. The number of carbonyl (C=O) groups excluding carboxylic acids is 1. The third-order valence-corrected chi connectivity index (χ3v) is 9.49. The summed E-state index contributed by atoms with van der Waals surface area (Å²) in [4.78, 5) is 16.0. The van der Waals surface area contributed by atoms with E-state index >= 15 is 0 Å². The molecule has 1 aromatic heterocycles. The maximum absolute atomic E-state index is 14.1. The maximum atomic E-state index is 14.1. The van der Waals surface area contributed by atoms with E-state index in [1.54, 1.807) is 35.4 Å². The van der Waals surface area contributed by atoms with Gasteiger partial charge in [0.25, 0.3) is 0 Å². The zero-order chi connectivity index (χ0) is 26.2. The van der Waals surface area contributed by atoms with E-state index in [0.29, 0.717) is 35.6 Å². The lowest BCUT2D eigenvalue weighted by atomic mass is 9.90. The quantitative estimate of drug-likeness (QED) is 0.415. The molecule has 2 fully saturated rings. The Hall–Kier alpha value is -2.98. The van der Waals surface area contributed by atoms with Crippen molar-refractivity contribution in [1.29, 1.82) is 4.78 Å². The molecular formula is C27H31F2N3O4S. The highest BCUT2D eigenvalue weighted by atomic mass is 32.2. The summed E-state index contributed by atoms with van der Waals surface area (Å²) in [5.41, 5.74) is 1.52. The Morgan fingerprint density at radius 2 is 1.89 bits per heavy atom. The van der Waals surface area contributed by atoms with Crippen LogP contribution >= 0.6 is 0 Å². The van der Waals surface area contributed by atoms with Crippen LogP contribution < -0.4 is 4.74 Å². The van der Waals surface area contributed by atoms with E-state index in [0.717, 1.165) is 10.9 Å². The molecule has 1 aliphatic heterocycles. The van der Waals surface area contributed by atoms with Crippen LogP contribution in [0.25, 0.3) is 11.0 Å². The number of rotatable bonds is 7. The first-order valence-electron chi connectivity index (χ1n) is 12.5. The third-order valence-electron chi connectivity index (χ3n) is 7.48. The van der Waals surface area contributed by atoms with Gasteiger partial charge < -0.3 is 14.1 Å². The number of benzene rings is 2. The fraction of sp³-hybridized carbons (Fsp3) is 0.444. The van der Waals surface area contributed by atoms with Crippen LogP contribution in [0, 0.1) is 4.78 Å². The highest BCUT2D eigenvalue weighted by Gasteiger charge is 2.43. The van der Waals surface area contributed by atoms with Crippen molar-refractivity contribution in [3.63, 3.8) is 0 Å². The number of alkyl halides is 2. The zero-order valence-corrected chi connectivity index (χ0v) is 21.5. The number of methoxy groups -OCH3 is 1. The Kier molecular flexibility index (Phi) is 6.97. The monoisotopic (exact) mass is 531 g/mol. The summed E-state index contributed by atoms with van der Waals surface area (Å²) in [6.45, 7) is 0.581. The minimum atomic E-state index is -3.44. The molecule has 1 saturated carbocycles. The van der Waals surface area contributed by atoms with Crippen molar-refractivity contribution in [2.45, 2.75) is 68.0 Å². The Bertz CT molecular complexity index is 1360. The molecule has 1 N–H and O–H groups in total. The highest BCUT2D eigenvalue weighted by molar-refractivity contribution is 7.90. The number of halogens is 2. The van der Waals surface area contributed by atoms with Crippen LogP contribution in [0.15, 0.2) is 64.1 Å². The molecule has 1 aliphatic carbocycles. The summed E-state index contributed by atoms with van der Waals surface area (Å²) in [6.07, 6.45) is 2.54. The fourth-order valence-corrected chi connectivity index (χ4v) is 7.12. The van der Waals surface area contributed by atoms with Gasteiger partial charge in [0.2, 0.25) is 11.8 Å². The average molecular weight is 532 g/mol. The number of ether oxygens (including phenoxy) is 1. The normalized spacial score (nSPS) is 22.1. The van der Waals surface area contributed by atoms with E-state index in [-0.39, 0.29) is 44.2 Å². The Morgan fingerprint density at radius 3 is 2.59 bits per heavy atom. The van der Waals surface area contributed by atoms with Crippen molar-refractivity contribution in [3.8, 4) is 5.75 Å². The third kappa shape index (κ3) is 5.22. The van der Waals surface area contributed by atoms with Crippen LogP contribution in [-0.2, 0) is 21.3 Å². The maximum Gasteiger partial charge on any atom is 0.248 e. The minimum Gasteiger partial charge on any atom is -0.497 e. The first-order chi connectivity index (χ1) is 17.7. The molecule has 3 aromatic rings. The predicted octanol–water partition coefficient (Wildman–Crippen LogP) is 5.83. The molecule has 2 atom stereocenters. The molecule has 2 aromatic carbocycles. The molecule has 37 heavy (non-hydrogen) atoms. The average Bonchev–Trinajstić information content (AvgIpc) is 3.57. The van der Waals surface area contributed by atoms with Gasteiger partial charge >= 0.3 is 0 Å². The summed E-state index contributed by atoms with van der Waals surface area (Å²) in [7, 11) is -1.91. The van der Waals surface area contributed by atoms with E-state index in [1.165, 1.54) is 11.4 Å². The molecule has 5 rings (SSSR count). The van der Waals surface area contributed by atoms with Gasteiger partial charge in [0.1, 0.15) is 27.3 Å². The number of nitrogens with zero attached hydrogens (tertiary/aromatic N) is 2. The fourth-order valence-electron chi connectivity index (χ4n) is 5.40. The Labute approximate surface area is 215 Å². The summed E-state index contributed by atoms with van der Waals surface area (Å²) in [5.74, 6) is -2.40. The van der Waals surface area contributed by atoms with Gasteiger partial charge in [-0.3, -0.25) is 4.79 Å². The van der Waals surface area contributed by atoms with Gasteiger partial charge in [-0.15, -0.1) is 0 Å². The molecule has 2 heterocycles. The van der Waals surface area contributed by atoms with Crippen LogP contribution in [-0.4, -0.2) is 51.0 Å². The summed E-state index contributed by atoms with van der Waals surface area (Å²) in [5, 5.41) is 0.939. The van der Waals surface area contributed by atoms with Crippen LogP contribution in [0.4, 0.5) is 8.78 Å². The summed E-state index contributed by atoms with van der Waals surface area (Å²) >= 11 is 0. The van der Waals surface area contributed by atoms with E-state index in [9.17, 15) is 17.8 Å². The first-order valence-corrected chi connectivity index (χ1v) is 14.0. The molecule has 2 aliphatic rings. The SMILES string of the molecule is COc1ccc([S@@](=N)(=O)N2CCC[C@H]2C(=O)N(Cc2ccc3ccoc3c2)C2CCC(F)(F)CC2)cc1. The van der Waals surface area contributed by atoms with E-state index in [2.05, 4.69) is 0 Å². The minimum absolute atomic E-state index is 0.198. The molecule has 1 amide bonds. The number of nitrogens with one attached hydrogen (secondary N) is 1. The molecule has 0 spiro atoms. The highest BCUT2D eigenvalue weighted by Crippen LogP contribution is 2.37. The second kappa shape index (κ2) is 10.1. The number of amides is 1. The predicted molar refractivity (Wildman–Crippen MR) is 136 cm³/mol. The van der Waals surface area contributed by atoms with Crippen LogP contribution in [0.1, 0.15) is 44.1 Å². The van der Waals surface area contributed by atoms with Crippen molar-refractivity contribution in [2.24, 2.45) is 0 Å². The zero-order valence-electron chi connectivity index (χ0n) is 20.7. The van der Waals surface area contributed by atoms with Crippen LogP contribution in [0.5, 0.6) is 5.75 Å². The largest absolute Gasteiger partial charge is 0.497 e. The van der Waals surface area contributed by atoms with E-state index in [1.807, 2.05) is 24.3 Å². The second-order valence-corrected chi connectivity index (χ2v) is 11.8. The van der Waals surface area contributed by atoms with Gasteiger partial charge in [-0.2, -0.15) is 0 Å². The van der Waals surface area contributed by atoms with Gasteiger partial charge in [0.05, 0.1) is 18.3 Å². The topological polar surface area (TPSA) is 86.8 Å². The van der Waals surface area contributed by atoms with Crippen LogP contribution in [0.2, 0.25) is 0 Å². The number of fused-ring (bicyclic) bond motifs is 1. The lowest BCUT2D eigenvalue weighted by molar-refractivity contribution is -0.141. The number of hydrogen-bond acceptors (Lipinski definition) is 5. The van der Waals surface area contributed by atoms with Crippen molar-refractivity contribution in [3.05, 3.63) is 60.4 Å². The number of carbonyl (C=O) groups is 1. The molecule has 10 heteroatoms. The van der Waals surface area contributed by atoms with Gasteiger partial charge in [-0.05, 0) is 67.6 Å². The lowest BCUT2D eigenvalue weighted by Crippen LogP contribution is -2.51.